The third-order valence-electron chi connectivity index (χ3n) is 11.6. The molecule has 2 aromatic rings. The zero-order valence-corrected chi connectivity index (χ0v) is 25.6. The summed E-state index contributed by atoms with van der Waals surface area (Å²) in [6.07, 6.45) is 5.74. The molecule has 3 saturated carbocycles. The van der Waals surface area contributed by atoms with Crippen LogP contribution in [0.1, 0.15) is 77.2 Å². The first-order valence-corrected chi connectivity index (χ1v) is 15.6. The van der Waals surface area contributed by atoms with Gasteiger partial charge in [0.25, 0.3) is 0 Å². The second kappa shape index (κ2) is 12.0. The summed E-state index contributed by atoms with van der Waals surface area (Å²) in [5, 5.41) is 40.6. The zero-order valence-electron chi connectivity index (χ0n) is 25.6. The number of halogens is 1. The van der Waals surface area contributed by atoms with Crippen LogP contribution in [0.15, 0.2) is 60.2 Å². The molecule has 4 aliphatic rings. The molecule has 6 rings (SSSR count). The number of aliphatic carboxylic acids is 1. The van der Waals surface area contributed by atoms with Gasteiger partial charge in [-0.15, -0.1) is 0 Å². The lowest BCUT2D eigenvalue weighted by molar-refractivity contribution is -0.182. The topological polar surface area (TPSA) is 132 Å². The first kappa shape index (κ1) is 32.2. The third-order valence-corrected chi connectivity index (χ3v) is 11.6. The number of carboxylic acids is 1. The molecule has 0 spiro atoms. The van der Waals surface area contributed by atoms with Crippen molar-refractivity contribution in [2.75, 3.05) is 6.61 Å². The highest BCUT2D eigenvalue weighted by Gasteiger charge is 2.68. The van der Waals surface area contributed by atoms with Crippen molar-refractivity contribution in [1.29, 1.82) is 0 Å². The first-order chi connectivity index (χ1) is 20.8. The standard InChI is InChI=1S/C21H30O5.C15H13FO2/c1-19-7-5-13(23)9-12(19)3-4-14-15-6-8-21(26,17(25)11-22)20(15,2)10-16(24)18(14)19;1-10(15(17)18)12-7-8-13(14(16)9-12)11-5-3-2-4-6-11/h9,14-16,18,22,24,26H,3-8,10-11H2,1-2H3;2-10H,1H3,(H,17,18)/t14-,15-,16-,18+,19-,20-,21-;/m0./s1. The van der Waals surface area contributed by atoms with Crippen LogP contribution in [0.25, 0.3) is 11.1 Å². The molecule has 0 aromatic heterocycles. The molecule has 4 aliphatic carbocycles. The van der Waals surface area contributed by atoms with Crippen LogP contribution in [0.3, 0.4) is 0 Å². The van der Waals surface area contributed by atoms with Gasteiger partial charge in [0.1, 0.15) is 18.0 Å². The lowest BCUT2D eigenvalue weighted by Gasteiger charge is -2.60. The monoisotopic (exact) mass is 606 g/mol. The van der Waals surface area contributed by atoms with E-state index < -0.39 is 47.2 Å². The van der Waals surface area contributed by atoms with Gasteiger partial charge in [-0.2, -0.15) is 0 Å². The molecule has 44 heavy (non-hydrogen) atoms. The van der Waals surface area contributed by atoms with Crippen molar-refractivity contribution >= 4 is 17.5 Å². The Hall–Kier alpha value is -3.20. The highest BCUT2D eigenvalue weighted by molar-refractivity contribution is 5.92. The summed E-state index contributed by atoms with van der Waals surface area (Å²) < 4.78 is 14.0. The lowest BCUT2D eigenvalue weighted by atomic mass is 9.45. The van der Waals surface area contributed by atoms with E-state index in [1.165, 1.54) is 11.6 Å². The number of aliphatic hydroxyl groups is 3. The molecule has 7 nitrogen and oxygen atoms in total. The summed E-state index contributed by atoms with van der Waals surface area (Å²) in [6, 6.07) is 13.7. The summed E-state index contributed by atoms with van der Waals surface area (Å²) in [7, 11) is 0. The van der Waals surface area contributed by atoms with Crippen molar-refractivity contribution in [3.05, 3.63) is 71.6 Å². The van der Waals surface area contributed by atoms with E-state index in [0.717, 1.165) is 31.2 Å². The van der Waals surface area contributed by atoms with E-state index in [0.29, 0.717) is 30.4 Å². The Bertz CT molecular complexity index is 1470. The van der Waals surface area contributed by atoms with Gasteiger partial charge >= 0.3 is 5.97 Å². The molecular weight excluding hydrogens is 563 g/mol. The molecule has 0 saturated heterocycles. The molecule has 2 aromatic carbocycles. The number of ketones is 2. The van der Waals surface area contributed by atoms with Gasteiger partial charge in [-0.3, -0.25) is 14.4 Å². The Morgan fingerprint density at radius 3 is 2.39 bits per heavy atom. The number of carboxylic acid groups (broad SMARTS) is 1. The Morgan fingerprint density at radius 2 is 1.75 bits per heavy atom. The second-order valence-electron chi connectivity index (χ2n) is 13.7. The molecule has 0 amide bonds. The number of rotatable bonds is 5. The van der Waals surface area contributed by atoms with Crippen molar-refractivity contribution in [3.8, 4) is 11.1 Å². The molecule has 0 radical (unpaired) electrons. The fourth-order valence-corrected chi connectivity index (χ4v) is 9.08. The van der Waals surface area contributed by atoms with E-state index in [9.17, 15) is 34.1 Å². The number of Topliss-reactive ketones (excluding diaryl/α,β-unsaturated/α-hetero) is 1. The Labute approximate surface area is 257 Å². The number of hydrogen-bond acceptors (Lipinski definition) is 6. The molecule has 0 heterocycles. The van der Waals surface area contributed by atoms with Crippen LogP contribution >= 0.6 is 0 Å². The summed E-state index contributed by atoms with van der Waals surface area (Å²) in [5.74, 6) is -1.92. The first-order valence-electron chi connectivity index (χ1n) is 15.6. The maximum Gasteiger partial charge on any atom is 0.310 e. The highest BCUT2D eigenvalue weighted by Crippen LogP contribution is 2.67. The van der Waals surface area contributed by atoms with Crippen LogP contribution in [0.5, 0.6) is 0 Å². The van der Waals surface area contributed by atoms with Gasteiger partial charge in [0.2, 0.25) is 0 Å². The molecule has 8 atom stereocenters. The molecule has 0 bridgehead atoms. The Morgan fingerprint density at radius 1 is 1.05 bits per heavy atom. The van der Waals surface area contributed by atoms with Crippen molar-refractivity contribution in [2.24, 2.45) is 28.6 Å². The molecule has 8 heteroatoms. The number of fused-ring (bicyclic) bond motifs is 5. The predicted molar refractivity (Wildman–Crippen MR) is 163 cm³/mol. The number of benzene rings is 2. The van der Waals surface area contributed by atoms with Crippen LogP contribution in [0, 0.1) is 34.4 Å². The highest BCUT2D eigenvalue weighted by atomic mass is 19.1. The fourth-order valence-electron chi connectivity index (χ4n) is 9.08. The van der Waals surface area contributed by atoms with E-state index in [2.05, 4.69) is 6.92 Å². The van der Waals surface area contributed by atoms with Gasteiger partial charge in [-0.05, 0) is 91.9 Å². The molecule has 0 aliphatic heterocycles. The van der Waals surface area contributed by atoms with E-state index in [1.807, 2.05) is 37.3 Å². The average Bonchev–Trinajstić information content (AvgIpc) is 3.27. The Balaban J connectivity index is 0.000000187. The summed E-state index contributed by atoms with van der Waals surface area (Å²) in [4.78, 5) is 35.1. The minimum absolute atomic E-state index is 0.0697. The van der Waals surface area contributed by atoms with Crippen molar-refractivity contribution in [3.63, 3.8) is 0 Å². The van der Waals surface area contributed by atoms with Crippen molar-refractivity contribution in [1.82, 2.24) is 0 Å². The van der Waals surface area contributed by atoms with Crippen LogP contribution in [-0.2, 0) is 14.4 Å². The molecule has 1 unspecified atom stereocenters. The van der Waals surface area contributed by atoms with Crippen molar-refractivity contribution < 1.29 is 39.2 Å². The van der Waals surface area contributed by atoms with E-state index in [1.54, 1.807) is 25.1 Å². The van der Waals surface area contributed by atoms with E-state index in [4.69, 9.17) is 5.11 Å². The Kier molecular flexibility index (Phi) is 8.75. The lowest BCUT2D eigenvalue weighted by Crippen LogP contribution is -2.62. The minimum atomic E-state index is -1.54. The average molecular weight is 607 g/mol. The van der Waals surface area contributed by atoms with Crippen LogP contribution in [0.4, 0.5) is 4.39 Å². The number of aliphatic hydroxyl groups excluding tert-OH is 2. The third kappa shape index (κ3) is 5.25. The molecule has 3 fully saturated rings. The minimum Gasteiger partial charge on any atom is -0.481 e. The summed E-state index contributed by atoms with van der Waals surface area (Å²) >= 11 is 0. The quantitative estimate of drug-likeness (QED) is 0.355. The number of carbonyl (C=O) groups is 3. The van der Waals surface area contributed by atoms with Crippen molar-refractivity contribution in [2.45, 2.75) is 83.3 Å². The van der Waals surface area contributed by atoms with Gasteiger partial charge in [-0.1, -0.05) is 61.9 Å². The van der Waals surface area contributed by atoms with Gasteiger partial charge in [0.15, 0.2) is 11.6 Å². The van der Waals surface area contributed by atoms with E-state index >= 15 is 0 Å². The van der Waals surface area contributed by atoms with Crippen LogP contribution in [-0.4, -0.2) is 56.3 Å². The molecule has 236 valence electrons. The number of allylic oxidation sites excluding steroid dienone is 1. The largest absolute Gasteiger partial charge is 0.481 e. The van der Waals surface area contributed by atoms with Gasteiger partial charge in [-0.25, -0.2) is 4.39 Å². The number of carbonyl (C=O) groups excluding carboxylic acids is 2. The predicted octanol–water partition coefficient (Wildman–Crippen LogP) is 5.46. The summed E-state index contributed by atoms with van der Waals surface area (Å²) in [5.41, 5.74) is 0.505. The smallest absolute Gasteiger partial charge is 0.310 e. The maximum atomic E-state index is 14.0. The van der Waals surface area contributed by atoms with Gasteiger partial charge < -0.3 is 20.4 Å². The van der Waals surface area contributed by atoms with Gasteiger partial charge in [0.05, 0.1) is 12.0 Å². The SMILES string of the molecule is CC(C(=O)O)c1ccc(-c2ccccc2)c(F)c1.C[C@]12CCC(=O)C=C1CC[C@@H]1[C@@H]2[C@@H](O)C[C@@]2(C)[C@H]1CC[C@]2(O)C(=O)CO. The molecular formula is C36H43FO7. The van der Waals surface area contributed by atoms with Crippen LogP contribution < -0.4 is 0 Å². The van der Waals surface area contributed by atoms with Crippen LogP contribution in [0.2, 0.25) is 0 Å². The normalized spacial score (nSPS) is 34.8. The zero-order chi connectivity index (χ0) is 32.0. The molecule has 4 N–H and O–H groups in total. The fraction of sp³-hybridized carbons (Fsp3) is 0.528. The van der Waals surface area contributed by atoms with E-state index in [-0.39, 0.29) is 29.0 Å². The summed E-state index contributed by atoms with van der Waals surface area (Å²) in [6.45, 7) is 5.00. The number of hydrogen-bond donors (Lipinski definition) is 4. The maximum absolute atomic E-state index is 14.0. The second-order valence-corrected chi connectivity index (χ2v) is 13.7. The van der Waals surface area contributed by atoms with Gasteiger partial charge in [0, 0.05) is 17.4 Å².